The topological polar surface area (TPSA) is 119 Å². The first-order valence-electron chi connectivity index (χ1n) is 11.1. The summed E-state index contributed by atoms with van der Waals surface area (Å²) in [6.45, 7) is 2.60. The van der Waals surface area contributed by atoms with Crippen molar-refractivity contribution in [2.24, 2.45) is 0 Å². The number of rotatable bonds is 9. The quantitative estimate of drug-likeness (QED) is 0.368. The molecule has 178 valence electrons. The minimum Gasteiger partial charge on any atom is -0.395 e. The molecule has 4 N–H and O–H groups in total. The number of hydrogen-bond acceptors (Lipinski definition) is 8. The average Bonchev–Trinajstić information content (AvgIpc) is 2.88. The highest BCUT2D eigenvalue weighted by atomic mass is 32.2. The first-order chi connectivity index (χ1) is 16.5. The number of hydrogen-bond donors (Lipinski definition) is 4. The van der Waals surface area contributed by atoms with Crippen molar-refractivity contribution in [3.63, 3.8) is 0 Å². The summed E-state index contributed by atoms with van der Waals surface area (Å²) < 4.78 is 28.1. The largest absolute Gasteiger partial charge is 0.395 e. The summed E-state index contributed by atoms with van der Waals surface area (Å²) in [6, 6.07) is 15.0. The number of aliphatic hydroxyl groups is 1. The van der Waals surface area contributed by atoms with E-state index in [9.17, 15) is 8.42 Å². The summed E-state index contributed by atoms with van der Waals surface area (Å²) >= 11 is 0. The predicted octanol–water partition coefficient (Wildman–Crippen LogP) is 2.07. The van der Waals surface area contributed by atoms with Crippen LogP contribution < -0.4 is 20.3 Å². The van der Waals surface area contributed by atoms with E-state index in [0.29, 0.717) is 30.4 Å². The Morgan fingerprint density at radius 1 is 1.00 bits per heavy atom. The number of sulfonamides is 1. The molecule has 2 heterocycles. The molecule has 0 aliphatic carbocycles. The molecule has 0 amide bonds. The van der Waals surface area contributed by atoms with Gasteiger partial charge in [-0.25, -0.2) is 23.1 Å². The lowest BCUT2D eigenvalue weighted by molar-refractivity contribution is 0.301. The van der Waals surface area contributed by atoms with E-state index in [1.807, 2.05) is 47.4 Å². The molecule has 1 aliphatic heterocycles. The SMILES string of the molecule is O=S(=O)(NCCO)c1ccc(Nc2ncc(/C=C/c3ccccc3)cn2)cc1N1CCNCC1. The molecule has 2 aromatic carbocycles. The molecule has 0 spiro atoms. The molecule has 0 atom stereocenters. The van der Waals surface area contributed by atoms with Crippen molar-refractivity contribution in [2.45, 2.75) is 4.90 Å². The van der Waals surface area contributed by atoms with E-state index in [0.717, 1.165) is 24.2 Å². The van der Waals surface area contributed by atoms with Gasteiger partial charge in [0.15, 0.2) is 0 Å². The lowest BCUT2D eigenvalue weighted by atomic mass is 10.2. The fourth-order valence-electron chi connectivity index (χ4n) is 3.61. The van der Waals surface area contributed by atoms with Crippen molar-refractivity contribution in [2.75, 3.05) is 49.5 Å². The van der Waals surface area contributed by atoms with E-state index in [1.54, 1.807) is 30.6 Å². The zero-order valence-electron chi connectivity index (χ0n) is 18.7. The van der Waals surface area contributed by atoms with Crippen molar-refractivity contribution in [3.8, 4) is 0 Å². The first kappa shape index (κ1) is 23.8. The van der Waals surface area contributed by atoms with Gasteiger partial charge in [-0.1, -0.05) is 42.5 Å². The Hall–Kier alpha value is -3.31. The number of nitrogens with one attached hydrogen (secondary N) is 3. The van der Waals surface area contributed by atoms with Crippen LogP contribution in [-0.2, 0) is 10.0 Å². The number of aliphatic hydroxyl groups excluding tert-OH is 1. The second kappa shape index (κ2) is 11.2. The molecule has 34 heavy (non-hydrogen) atoms. The van der Waals surface area contributed by atoms with Crippen molar-refractivity contribution in [3.05, 3.63) is 72.1 Å². The van der Waals surface area contributed by atoms with E-state index in [-0.39, 0.29) is 18.0 Å². The lowest BCUT2D eigenvalue weighted by Crippen LogP contribution is -2.44. The van der Waals surface area contributed by atoms with Gasteiger partial charge in [0.2, 0.25) is 16.0 Å². The van der Waals surface area contributed by atoms with Crippen molar-refractivity contribution in [1.29, 1.82) is 0 Å². The fourth-order valence-corrected chi connectivity index (χ4v) is 4.83. The fraction of sp³-hybridized carbons (Fsp3) is 0.250. The lowest BCUT2D eigenvalue weighted by Gasteiger charge is -2.31. The van der Waals surface area contributed by atoms with Crippen LogP contribution in [0.3, 0.4) is 0 Å². The van der Waals surface area contributed by atoms with Gasteiger partial charge in [-0.3, -0.25) is 0 Å². The van der Waals surface area contributed by atoms with E-state index in [4.69, 9.17) is 5.11 Å². The molecular weight excluding hydrogens is 452 g/mol. The Balaban J connectivity index is 1.54. The van der Waals surface area contributed by atoms with Crippen LogP contribution in [0.1, 0.15) is 11.1 Å². The van der Waals surface area contributed by atoms with Gasteiger partial charge in [0.25, 0.3) is 0 Å². The zero-order chi connectivity index (χ0) is 23.8. The van der Waals surface area contributed by atoms with Crippen LogP contribution in [0.15, 0.2) is 65.8 Å². The van der Waals surface area contributed by atoms with Crippen LogP contribution in [0.25, 0.3) is 12.2 Å². The Bertz CT molecular complexity index is 1210. The highest BCUT2D eigenvalue weighted by molar-refractivity contribution is 7.89. The maximum Gasteiger partial charge on any atom is 0.242 e. The Kier molecular flexibility index (Phi) is 7.86. The van der Waals surface area contributed by atoms with Gasteiger partial charge >= 0.3 is 0 Å². The van der Waals surface area contributed by atoms with Crippen LogP contribution in [0.5, 0.6) is 0 Å². The van der Waals surface area contributed by atoms with Crippen LogP contribution in [0.4, 0.5) is 17.3 Å². The molecule has 1 aliphatic rings. The van der Waals surface area contributed by atoms with Gasteiger partial charge in [-0.2, -0.15) is 0 Å². The summed E-state index contributed by atoms with van der Waals surface area (Å²) in [7, 11) is -3.77. The first-order valence-corrected chi connectivity index (χ1v) is 12.6. The Morgan fingerprint density at radius 2 is 1.71 bits per heavy atom. The summed E-state index contributed by atoms with van der Waals surface area (Å²) in [5.41, 5.74) is 3.24. The summed E-state index contributed by atoms with van der Waals surface area (Å²) in [6.07, 6.45) is 7.39. The number of piperazine rings is 1. The van der Waals surface area contributed by atoms with E-state index in [2.05, 4.69) is 25.3 Å². The average molecular weight is 481 g/mol. The molecule has 0 bridgehead atoms. The number of nitrogens with zero attached hydrogens (tertiary/aromatic N) is 3. The molecule has 0 radical (unpaired) electrons. The monoisotopic (exact) mass is 480 g/mol. The second-order valence-corrected chi connectivity index (χ2v) is 9.49. The second-order valence-electron chi connectivity index (χ2n) is 7.75. The molecular formula is C24H28N6O3S. The number of aromatic nitrogens is 2. The third-order valence-electron chi connectivity index (χ3n) is 5.31. The van der Waals surface area contributed by atoms with E-state index >= 15 is 0 Å². The van der Waals surface area contributed by atoms with Gasteiger partial charge in [-0.05, 0) is 23.8 Å². The number of benzene rings is 2. The van der Waals surface area contributed by atoms with Gasteiger partial charge < -0.3 is 20.6 Å². The maximum absolute atomic E-state index is 12.8. The minimum absolute atomic E-state index is 0.0394. The standard InChI is InChI=1S/C24H28N6O3S/c31-15-12-28-34(32,33)23-9-8-21(16-22(23)30-13-10-25-11-14-30)29-24-26-17-20(18-27-24)7-6-19-4-2-1-3-5-19/h1-9,16-18,25,28,31H,10-15H2,(H,26,27,29)/b7-6+. The summed E-state index contributed by atoms with van der Waals surface area (Å²) in [5, 5.41) is 15.5. The van der Waals surface area contributed by atoms with Crippen molar-refractivity contribution < 1.29 is 13.5 Å². The van der Waals surface area contributed by atoms with Crippen LogP contribution in [0.2, 0.25) is 0 Å². The molecule has 3 aromatic rings. The zero-order valence-corrected chi connectivity index (χ0v) is 19.5. The number of anilines is 3. The van der Waals surface area contributed by atoms with Crippen LogP contribution in [0, 0.1) is 0 Å². The summed E-state index contributed by atoms with van der Waals surface area (Å²) in [4.78, 5) is 11.0. The molecule has 0 saturated carbocycles. The molecule has 0 unspecified atom stereocenters. The highest BCUT2D eigenvalue weighted by Gasteiger charge is 2.23. The molecule has 1 fully saturated rings. The smallest absolute Gasteiger partial charge is 0.242 e. The molecule has 9 nitrogen and oxygen atoms in total. The molecule has 10 heteroatoms. The Labute approximate surface area is 199 Å². The Morgan fingerprint density at radius 3 is 2.41 bits per heavy atom. The van der Waals surface area contributed by atoms with Gasteiger partial charge in [0, 0.05) is 56.4 Å². The third-order valence-corrected chi connectivity index (χ3v) is 6.81. The maximum atomic E-state index is 12.8. The summed E-state index contributed by atoms with van der Waals surface area (Å²) in [5.74, 6) is 0.414. The van der Waals surface area contributed by atoms with Crippen LogP contribution in [-0.4, -0.2) is 62.8 Å². The third kappa shape index (κ3) is 6.17. The normalized spacial score (nSPS) is 14.4. The molecule has 1 saturated heterocycles. The van der Waals surface area contributed by atoms with Crippen LogP contribution >= 0.6 is 0 Å². The predicted molar refractivity (Wildman–Crippen MR) is 134 cm³/mol. The van der Waals surface area contributed by atoms with Gasteiger partial charge in [0.05, 0.1) is 12.3 Å². The van der Waals surface area contributed by atoms with Crippen molar-refractivity contribution >= 4 is 39.5 Å². The van der Waals surface area contributed by atoms with Crippen molar-refractivity contribution in [1.82, 2.24) is 20.0 Å². The highest BCUT2D eigenvalue weighted by Crippen LogP contribution is 2.30. The van der Waals surface area contributed by atoms with E-state index < -0.39 is 10.0 Å². The molecule has 4 rings (SSSR count). The van der Waals surface area contributed by atoms with Gasteiger partial charge in [-0.15, -0.1) is 0 Å². The molecule has 1 aromatic heterocycles. The van der Waals surface area contributed by atoms with E-state index in [1.165, 1.54) is 0 Å². The minimum atomic E-state index is -3.77. The van der Waals surface area contributed by atoms with Gasteiger partial charge in [0.1, 0.15) is 4.90 Å².